The van der Waals surface area contributed by atoms with E-state index in [4.69, 9.17) is 0 Å². The van der Waals surface area contributed by atoms with Gasteiger partial charge in [-0.2, -0.15) is 26.3 Å². The predicted molar refractivity (Wildman–Crippen MR) is 58.6 cm³/mol. The van der Waals surface area contributed by atoms with Gasteiger partial charge in [-0.05, 0) is 18.2 Å². The number of alkyl halides is 6. The van der Waals surface area contributed by atoms with Crippen LogP contribution in [0, 0.1) is 0 Å². The number of rotatable bonds is 4. The Bertz CT molecular complexity index is 550. The van der Waals surface area contributed by atoms with Crippen molar-refractivity contribution in [1.29, 1.82) is 0 Å². The molecule has 0 saturated heterocycles. The van der Waals surface area contributed by atoms with Crippen molar-refractivity contribution in [3.05, 3.63) is 29.3 Å². The summed E-state index contributed by atoms with van der Waals surface area (Å²) in [6.07, 6.45) is -10.00. The highest BCUT2D eigenvalue weighted by Gasteiger charge is 2.36. The third-order valence-electron chi connectivity index (χ3n) is 2.24. The Morgan fingerprint density at radius 1 is 1.09 bits per heavy atom. The maximum Gasteiger partial charge on any atom is 0.416 e. The summed E-state index contributed by atoms with van der Waals surface area (Å²) < 4.78 is 75.4. The van der Waals surface area contributed by atoms with Gasteiger partial charge in [0.1, 0.15) is 0 Å². The Kier molecular flexibility index (Phi) is 4.99. The van der Waals surface area contributed by atoms with Crippen molar-refractivity contribution in [1.82, 2.24) is 5.01 Å². The van der Waals surface area contributed by atoms with Crippen LogP contribution in [-0.4, -0.2) is 24.6 Å². The van der Waals surface area contributed by atoms with Gasteiger partial charge in [0.25, 0.3) is 0 Å². The number of aliphatic carboxylic acids is 1. The molecule has 1 aromatic rings. The van der Waals surface area contributed by atoms with E-state index >= 15 is 0 Å². The largest absolute Gasteiger partial charge is 0.548 e. The second-order valence-corrected chi connectivity index (χ2v) is 4.14. The van der Waals surface area contributed by atoms with E-state index in [9.17, 15) is 36.2 Å². The molecule has 1 rings (SSSR count). The number of carbonyl (C=O) groups is 1. The third-order valence-corrected chi connectivity index (χ3v) is 2.24. The van der Waals surface area contributed by atoms with E-state index in [1.807, 2.05) is 0 Å². The molecule has 0 unspecified atom stereocenters. The molecule has 0 amide bonds. The number of hydrogen-bond acceptors (Lipinski definition) is 4. The van der Waals surface area contributed by atoms with Crippen molar-refractivity contribution in [3.8, 4) is 0 Å². The molecular weight excluding hydrogens is 320 g/mol. The number of carboxylic acid groups (broad SMARTS) is 1. The second kappa shape index (κ2) is 6.20. The highest BCUT2D eigenvalue weighted by molar-refractivity contribution is 5.66. The summed E-state index contributed by atoms with van der Waals surface area (Å²) in [6.45, 7) is -0.728. The van der Waals surface area contributed by atoms with Crippen LogP contribution in [0.3, 0.4) is 0 Å². The average molecular weight is 328 g/mol. The van der Waals surface area contributed by atoms with Gasteiger partial charge in [0.2, 0.25) is 0 Å². The first-order valence-electron chi connectivity index (χ1n) is 5.51. The molecule has 0 N–H and O–H groups in total. The number of halogens is 6. The van der Waals surface area contributed by atoms with E-state index in [0.717, 1.165) is 7.05 Å². The van der Waals surface area contributed by atoms with E-state index in [0.29, 0.717) is 17.1 Å². The first-order valence-corrected chi connectivity index (χ1v) is 5.51. The zero-order valence-corrected chi connectivity index (χ0v) is 10.9. The Balaban J connectivity index is 3.19. The molecule has 5 nitrogen and oxygen atoms in total. The summed E-state index contributed by atoms with van der Waals surface area (Å²) >= 11 is 0. The van der Waals surface area contributed by atoms with Gasteiger partial charge in [-0.3, -0.25) is 5.01 Å². The fraction of sp³-hybridized carbons (Fsp3) is 0.364. The van der Waals surface area contributed by atoms with Crippen molar-refractivity contribution >= 4 is 11.7 Å². The second-order valence-electron chi connectivity index (χ2n) is 4.14. The molecule has 0 fully saturated rings. The smallest absolute Gasteiger partial charge is 0.416 e. The molecular formula is C11H8F6N3O2-. The fourth-order valence-corrected chi connectivity index (χ4v) is 1.34. The molecule has 122 valence electrons. The van der Waals surface area contributed by atoms with Crippen LogP contribution < -0.4 is 5.11 Å². The van der Waals surface area contributed by atoms with Crippen molar-refractivity contribution in [2.24, 2.45) is 10.3 Å². The molecule has 1 aromatic carbocycles. The van der Waals surface area contributed by atoms with E-state index in [1.54, 1.807) is 0 Å². The molecule has 0 aliphatic heterocycles. The molecule has 0 heterocycles. The van der Waals surface area contributed by atoms with Crippen LogP contribution in [0.4, 0.5) is 32.0 Å². The van der Waals surface area contributed by atoms with E-state index in [2.05, 4.69) is 10.3 Å². The van der Waals surface area contributed by atoms with Crippen molar-refractivity contribution < 1.29 is 36.2 Å². The first-order chi connectivity index (χ1) is 9.89. The number of carbonyl (C=O) groups excluding carboxylic acids is 1. The summed E-state index contributed by atoms with van der Waals surface area (Å²) in [4.78, 5) is 10.2. The Morgan fingerprint density at radius 2 is 1.55 bits per heavy atom. The lowest BCUT2D eigenvalue weighted by molar-refractivity contribution is -0.306. The Morgan fingerprint density at radius 3 is 1.91 bits per heavy atom. The van der Waals surface area contributed by atoms with Gasteiger partial charge >= 0.3 is 12.4 Å². The Labute approximate surface area is 119 Å². The van der Waals surface area contributed by atoms with Gasteiger partial charge in [0.15, 0.2) is 0 Å². The molecule has 0 aliphatic carbocycles. The van der Waals surface area contributed by atoms with Crippen LogP contribution in [0.5, 0.6) is 0 Å². The molecule has 0 radical (unpaired) electrons. The zero-order chi connectivity index (χ0) is 17.1. The number of benzene rings is 1. The minimum atomic E-state index is -5.00. The number of carboxylic acids is 1. The van der Waals surface area contributed by atoms with Crippen molar-refractivity contribution in [2.45, 2.75) is 12.4 Å². The van der Waals surface area contributed by atoms with Crippen LogP contribution in [0.1, 0.15) is 11.1 Å². The first kappa shape index (κ1) is 17.7. The van der Waals surface area contributed by atoms with Gasteiger partial charge < -0.3 is 9.90 Å². The predicted octanol–water partition coefficient (Wildman–Crippen LogP) is 2.40. The maximum absolute atomic E-state index is 12.6. The monoisotopic (exact) mass is 328 g/mol. The minimum absolute atomic E-state index is 0.0517. The summed E-state index contributed by atoms with van der Waals surface area (Å²) in [5, 5.41) is 17.3. The summed E-state index contributed by atoms with van der Waals surface area (Å²) in [7, 11) is 1.11. The SMILES string of the molecule is CN(CC(=O)[O-])N=Nc1cc(C(F)(F)F)cc(C(F)(F)F)c1. The Hall–Kier alpha value is -2.33. The highest BCUT2D eigenvalue weighted by atomic mass is 19.4. The summed E-state index contributed by atoms with van der Waals surface area (Å²) in [5.41, 5.74) is -3.80. The minimum Gasteiger partial charge on any atom is -0.548 e. The standard InChI is InChI=1S/C11H9F6N3O2/c1-20(5-9(21)22)19-18-8-3-6(10(12,13)14)2-7(4-8)11(15,16)17/h2-4H,5H2,1H3,(H,21,22)/p-1. The number of hydrogen-bond donors (Lipinski definition) is 0. The zero-order valence-electron chi connectivity index (χ0n) is 10.9. The normalized spacial score (nSPS) is 12.7. The van der Waals surface area contributed by atoms with Crippen molar-refractivity contribution in [2.75, 3.05) is 13.6 Å². The topological polar surface area (TPSA) is 68.1 Å². The molecule has 0 aromatic heterocycles. The van der Waals surface area contributed by atoms with Gasteiger partial charge in [0.05, 0.1) is 29.3 Å². The molecule has 0 atom stereocenters. The highest BCUT2D eigenvalue weighted by Crippen LogP contribution is 2.38. The third kappa shape index (κ3) is 5.22. The summed E-state index contributed by atoms with van der Waals surface area (Å²) in [6, 6.07) is 0.682. The number of likely N-dealkylation sites (N-methyl/N-ethyl adjacent to an activating group) is 1. The van der Waals surface area contributed by atoms with E-state index in [-0.39, 0.29) is 6.07 Å². The molecule has 0 spiro atoms. The fourth-order valence-electron chi connectivity index (χ4n) is 1.34. The van der Waals surface area contributed by atoms with E-state index < -0.39 is 41.7 Å². The summed E-state index contributed by atoms with van der Waals surface area (Å²) in [5.74, 6) is -1.54. The van der Waals surface area contributed by atoms with Crippen molar-refractivity contribution in [3.63, 3.8) is 0 Å². The van der Waals surface area contributed by atoms with Crippen LogP contribution in [0.2, 0.25) is 0 Å². The maximum atomic E-state index is 12.6. The van der Waals surface area contributed by atoms with E-state index in [1.165, 1.54) is 0 Å². The van der Waals surface area contributed by atoms with Gasteiger partial charge in [0, 0.05) is 7.05 Å². The molecule has 0 aliphatic rings. The van der Waals surface area contributed by atoms with Crippen LogP contribution in [0.15, 0.2) is 28.5 Å². The van der Waals surface area contributed by atoms with Gasteiger partial charge in [-0.25, -0.2) is 0 Å². The van der Waals surface area contributed by atoms with Gasteiger partial charge in [-0.1, -0.05) is 5.22 Å². The van der Waals surface area contributed by atoms with Crippen LogP contribution >= 0.6 is 0 Å². The molecule has 11 heteroatoms. The lowest BCUT2D eigenvalue weighted by Gasteiger charge is -2.13. The van der Waals surface area contributed by atoms with Crippen LogP contribution in [0.25, 0.3) is 0 Å². The van der Waals surface area contributed by atoms with Gasteiger partial charge in [-0.15, -0.1) is 5.11 Å². The lowest BCUT2D eigenvalue weighted by Crippen LogP contribution is -2.33. The molecule has 0 saturated carbocycles. The van der Waals surface area contributed by atoms with Crippen LogP contribution in [-0.2, 0) is 17.1 Å². The quantitative estimate of drug-likeness (QED) is 0.484. The number of nitrogens with zero attached hydrogens (tertiary/aromatic N) is 3. The molecule has 22 heavy (non-hydrogen) atoms. The average Bonchev–Trinajstić information content (AvgIpc) is 2.33. The lowest BCUT2D eigenvalue weighted by atomic mass is 10.1. The molecule has 0 bridgehead atoms.